The molecule has 2 fully saturated rings. The molecule has 4 nitrogen and oxygen atoms in total. The molecule has 2 heterocycles. The van der Waals surface area contributed by atoms with E-state index in [9.17, 15) is 4.79 Å². The van der Waals surface area contributed by atoms with Gasteiger partial charge in [-0.3, -0.25) is 9.69 Å². The van der Waals surface area contributed by atoms with Gasteiger partial charge in [-0.15, -0.1) is 0 Å². The lowest BCUT2D eigenvalue weighted by molar-refractivity contribution is 0.0602. The first-order chi connectivity index (χ1) is 11.5. The average Bonchev–Trinajstić information content (AvgIpc) is 3.08. The fourth-order valence-corrected chi connectivity index (χ4v) is 4.08. The Bertz CT molecular complexity index is 585. The molecule has 2 aliphatic rings. The number of carbonyl (C=O) groups excluding carboxylic acids is 1. The summed E-state index contributed by atoms with van der Waals surface area (Å²) in [5.74, 6) is 0.773. The molecule has 5 heteroatoms. The second-order valence-corrected chi connectivity index (χ2v) is 8.01. The van der Waals surface area contributed by atoms with E-state index in [-0.39, 0.29) is 12.0 Å². The average molecular weight is 395 g/mol. The van der Waals surface area contributed by atoms with Crippen LogP contribution in [-0.4, -0.2) is 54.0 Å². The monoisotopic (exact) mass is 394 g/mol. The number of halogens is 1. The summed E-state index contributed by atoms with van der Waals surface area (Å²) >= 11 is 3.47. The predicted molar refractivity (Wildman–Crippen MR) is 99.6 cm³/mol. The maximum Gasteiger partial charge on any atom is 0.257 e. The van der Waals surface area contributed by atoms with Gasteiger partial charge in [-0.25, -0.2) is 0 Å². The van der Waals surface area contributed by atoms with Crippen LogP contribution in [0.2, 0.25) is 0 Å². The van der Waals surface area contributed by atoms with Crippen molar-refractivity contribution in [1.29, 1.82) is 0 Å². The second-order valence-electron chi connectivity index (χ2n) is 7.10. The number of likely N-dealkylation sites (tertiary alicyclic amines) is 2. The highest BCUT2D eigenvalue weighted by Crippen LogP contribution is 2.28. The molecule has 0 saturated carbocycles. The largest absolute Gasteiger partial charge is 0.490 e. The topological polar surface area (TPSA) is 32.8 Å². The Balaban J connectivity index is 1.75. The van der Waals surface area contributed by atoms with Crippen LogP contribution in [0.4, 0.5) is 0 Å². The van der Waals surface area contributed by atoms with E-state index in [2.05, 4.69) is 20.8 Å². The number of amides is 1. The van der Waals surface area contributed by atoms with Crippen LogP contribution in [0, 0.1) is 0 Å². The molecule has 2 saturated heterocycles. The number of benzene rings is 1. The van der Waals surface area contributed by atoms with Crippen molar-refractivity contribution in [3.8, 4) is 5.75 Å². The van der Waals surface area contributed by atoms with E-state index in [1.807, 2.05) is 36.9 Å². The molecule has 1 atom stereocenters. The number of carbonyl (C=O) groups is 1. The van der Waals surface area contributed by atoms with Gasteiger partial charge in [-0.05, 0) is 70.8 Å². The van der Waals surface area contributed by atoms with Crippen molar-refractivity contribution in [2.45, 2.75) is 51.7 Å². The molecule has 0 bridgehead atoms. The Kier molecular flexibility index (Phi) is 5.82. The van der Waals surface area contributed by atoms with Crippen molar-refractivity contribution >= 4 is 21.8 Å². The van der Waals surface area contributed by atoms with Crippen LogP contribution in [0.1, 0.15) is 49.9 Å². The van der Waals surface area contributed by atoms with E-state index >= 15 is 0 Å². The molecule has 1 aromatic rings. The summed E-state index contributed by atoms with van der Waals surface area (Å²) < 4.78 is 6.81. The fourth-order valence-electron chi connectivity index (χ4n) is 3.74. The van der Waals surface area contributed by atoms with Gasteiger partial charge in [0.05, 0.1) is 11.7 Å². The summed E-state index contributed by atoms with van der Waals surface area (Å²) in [4.78, 5) is 17.7. The van der Waals surface area contributed by atoms with Crippen LogP contribution >= 0.6 is 15.9 Å². The van der Waals surface area contributed by atoms with Crippen LogP contribution in [-0.2, 0) is 0 Å². The van der Waals surface area contributed by atoms with E-state index in [0.717, 1.165) is 24.0 Å². The zero-order valence-corrected chi connectivity index (χ0v) is 16.2. The number of ether oxygens (including phenoxy) is 1. The molecule has 1 unspecified atom stereocenters. The van der Waals surface area contributed by atoms with Crippen molar-refractivity contribution in [2.24, 2.45) is 0 Å². The first kappa shape index (κ1) is 17.7. The minimum Gasteiger partial charge on any atom is -0.490 e. The number of hydrogen-bond acceptors (Lipinski definition) is 3. The van der Waals surface area contributed by atoms with Gasteiger partial charge >= 0.3 is 0 Å². The predicted octanol–water partition coefficient (Wildman–Crippen LogP) is 3.94. The Morgan fingerprint density at radius 1 is 1.21 bits per heavy atom. The normalized spacial score (nSPS) is 22.2. The Labute approximate surface area is 153 Å². The summed E-state index contributed by atoms with van der Waals surface area (Å²) in [5.41, 5.74) is 0.675. The lowest BCUT2D eigenvalue weighted by atomic mass is 10.0. The summed E-state index contributed by atoms with van der Waals surface area (Å²) in [7, 11) is 0. The zero-order valence-electron chi connectivity index (χ0n) is 14.6. The molecule has 1 amide bonds. The highest BCUT2D eigenvalue weighted by Gasteiger charge is 2.30. The number of hydrogen-bond donors (Lipinski definition) is 0. The summed E-state index contributed by atoms with van der Waals surface area (Å²) in [5, 5.41) is 0. The van der Waals surface area contributed by atoms with Crippen LogP contribution in [0.15, 0.2) is 22.7 Å². The molecule has 24 heavy (non-hydrogen) atoms. The van der Waals surface area contributed by atoms with E-state index in [4.69, 9.17) is 4.74 Å². The van der Waals surface area contributed by atoms with Gasteiger partial charge in [0.2, 0.25) is 0 Å². The third kappa shape index (κ3) is 4.12. The first-order valence-electron chi connectivity index (χ1n) is 9.04. The van der Waals surface area contributed by atoms with Gasteiger partial charge in [-0.2, -0.15) is 0 Å². The van der Waals surface area contributed by atoms with Gasteiger partial charge in [0.25, 0.3) is 5.91 Å². The molecule has 3 rings (SSSR count). The standard InChI is InChI=1S/C19H27BrN2O2/c1-14(2)24-18-12-15(20)7-8-17(18)19(23)22-11-5-6-16(13-22)21-9-3-4-10-21/h7-8,12,14,16H,3-6,9-11,13H2,1-2H3. The van der Waals surface area contributed by atoms with Crippen molar-refractivity contribution in [1.82, 2.24) is 9.80 Å². The van der Waals surface area contributed by atoms with Crippen molar-refractivity contribution in [2.75, 3.05) is 26.2 Å². The molecular weight excluding hydrogens is 368 g/mol. The molecule has 0 aliphatic carbocycles. The number of rotatable bonds is 4. The minimum atomic E-state index is 0.0459. The van der Waals surface area contributed by atoms with Crippen LogP contribution in [0.5, 0.6) is 5.75 Å². The SMILES string of the molecule is CC(C)Oc1cc(Br)ccc1C(=O)N1CCCC(N2CCCC2)C1. The lowest BCUT2D eigenvalue weighted by Crippen LogP contribution is -2.49. The molecule has 132 valence electrons. The molecule has 1 aromatic carbocycles. The van der Waals surface area contributed by atoms with E-state index in [1.54, 1.807) is 0 Å². The summed E-state index contributed by atoms with van der Waals surface area (Å²) in [6.07, 6.45) is 4.93. The van der Waals surface area contributed by atoms with Gasteiger partial charge in [0, 0.05) is 23.6 Å². The molecule has 2 aliphatic heterocycles. The van der Waals surface area contributed by atoms with Crippen LogP contribution in [0.25, 0.3) is 0 Å². The molecule has 0 radical (unpaired) electrons. The third-order valence-electron chi connectivity index (χ3n) is 4.88. The quantitative estimate of drug-likeness (QED) is 0.775. The zero-order chi connectivity index (χ0) is 17.1. The second kappa shape index (κ2) is 7.87. The smallest absolute Gasteiger partial charge is 0.257 e. The maximum absolute atomic E-state index is 13.1. The first-order valence-corrected chi connectivity index (χ1v) is 9.83. The molecule has 0 aromatic heterocycles. The van der Waals surface area contributed by atoms with Crippen molar-refractivity contribution < 1.29 is 9.53 Å². The van der Waals surface area contributed by atoms with Crippen molar-refractivity contribution in [3.05, 3.63) is 28.2 Å². The van der Waals surface area contributed by atoms with Crippen LogP contribution < -0.4 is 4.74 Å². The van der Waals surface area contributed by atoms with E-state index < -0.39 is 0 Å². The fraction of sp³-hybridized carbons (Fsp3) is 0.632. The Morgan fingerprint density at radius 2 is 1.96 bits per heavy atom. The Morgan fingerprint density at radius 3 is 2.67 bits per heavy atom. The minimum absolute atomic E-state index is 0.0459. The summed E-state index contributed by atoms with van der Waals surface area (Å²) in [6, 6.07) is 6.22. The molecule has 0 spiro atoms. The van der Waals surface area contributed by atoms with Gasteiger partial charge in [0.15, 0.2) is 0 Å². The van der Waals surface area contributed by atoms with Gasteiger partial charge < -0.3 is 9.64 Å². The van der Waals surface area contributed by atoms with Gasteiger partial charge in [-0.1, -0.05) is 15.9 Å². The maximum atomic E-state index is 13.1. The highest BCUT2D eigenvalue weighted by atomic mass is 79.9. The Hall–Kier alpha value is -1.07. The highest BCUT2D eigenvalue weighted by molar-refractivity contribution is 9.10. The third-order valence-corrected chi connectivity index (χ3v) is 5.37. The van der Waals surface area contributed by atoms with Crippen LogP contribution in [0.3, 0.4) is 0 Å². The van der Waals surface area contributed by atoms with E-state index in [0.29, 0.717) is 17.4 Å². The number of nitrogens with zero attached hydrogens (tertiary/aromatic N) is 2. The number of piperidine rings is 1. The lowest BCUT2D eigenvalue weighted by Gasteiger charge is -2.37. The van der Waals surface area contributed by atoms with Gasteiger partial charge in [0.1, 0.15) is 5.75 Å². The molecule has 0 N–H and O–H groups in total. The van der Waals surface area contributed by atoms with E-state index in [1.165, 1.54) is 32.4 Å². The summed E-state index contributed by atoms with van der Waals surface area (Å²) in [6.45, 7) is 8.04. The molecular formula is C19H27BrN2O2. The van der Waals surface area contributed by atoms with Crippen molar-refractivity contribution in [3.63, 3.8) is 0 Å².